The zero-order valence-electron chi connectivity index (χ0n) is 24.2. The Morgan fingerprint density at radius 1 is 0.895 bits per heavy atom. The summed E-state index contributed by atoms with van der Waals surface area (Å²) in [4.78, 5) is 30.2. The average molecular weight is 527 g/mol. The predicted molar refractivity (Wildman–Crippen MR) is 155 cm³/mol. The molecule has 2 amide bonds. The predicted octanol–water partition coefficient (Wildman–Crippen LogP) is 6.65. The van der Waals surface area contributed by atoms with Gasteiger partial charge in [0.1, 0.15) is 5.60 Å². The topological polar surface area (TPSA) is 73.9 Å². The van der Waals surface area contributed by atoms with Crippen molar-refractivity contribution in [2.45, 2.75) is 116 Å². The van der Waals surface area contributed by atoms with Gasteiger partial charge in [-0.3, -0.25) is 9.69 Å². The summed E-state index contributed by atoms with van der Waals surface area (Å²) < 4.78 is 5.53. The maximum Gasteiger partial charge on any atom is 0.410 e. The molecule has 2 aliphatic heterocycles. The SMILES string of the molecule is CC(C)(C)OC(=O)N1CCC[C@@H](C(=O)Nc2ccccc2NC2CCN(C3(C)CCCCCCC3)CC2)C1. The molecule has 0 aromatic heterocycles. The first-order valence-electron chi connectivity index (χ1n) is 15.0. The summed E-state index contributed by atoms with van der Waals surface area (Å²) in [5, 5.41) is 6.91. The van der Waals surface area contributed by atoms with E-state index in [0.717, 1.165) is 50.1 Å². The van der Waals surface area contributed by atoms with E-state index < -0.39 is 5.60 Å². The minimum atomic E-state index is -0.542. The molecule has 0 radical (unpaired) electrons. The monoisotopic (exact) mass is 526 g/mol. The maximum atomic E-state index is 13.2. The molecular weight excluding hydrogens is 476 g/mol. The average Bonchev–Trinajstić information content (AvgIpc) is 2.87. The van der Waals surface area contributed by atoms with Gasteiger partial charge in [0, 0.05) is 37.8 Å². The molecule has 1 aliphatic carbocycles. The van der Waals surface area contributed by atoms with Crippen molar-refractivity contribution in [2.24, 2.45) is 5.92 Å². The Balaban J connectivity index is 1.31. The highest BCUT2D eigenvalue weighted by molar-refractivity contribution is 5.96. The Kier molecular flexibility index (Phi) is 9.61. The minimum absolute atomic E-state index is 0.0282. The normalized spacial score (nSPS) is 23.7. The molecule has 38 heavy (non-hydrogen) atoms. The fraction of sp³-hybridized carbons (Fsp3) is 0.742. The van der Waals surface area contributed by atoms with E-state index in [2.05, 4.69) is 28.5 Å². The molecule has 2 heterocycles. The third-order valence-electron chi connectivity index (χ3n) is 8.68. The van der Waals surface area contributed by atoms with Gasteiger partial charge in [-0.15, -0.1) is 0 Å². The number of para-hydroxylation sites is 2. The molecule has 1 saturated carbocycles. The van der Waals surface area contributed by atoms with Gasteiger partial charge < -0.3 is 20.3 Å². The highest BCUT2D eigenvalue weighted by atomic mass is 16.6. The summed E-state index contributed by atoms with van der Waals surface area (Å²) in [6, 6.07) is 8.42. The lowest BCUT2D eigenvalue weighted by Crippen LogP contribution is -2.52. The summed E-state index contributed by atoms with van der Waals surface area (Å²) in [5.41, 5.74) is 1.61. The van der Waals surface area contributed by atoms with Gasteiger partial charge in [0.2, 0.25) is 5.91 Å². The van der Waals surface area contributed by atoms with Crippen LogP contribution in [0.15, 0.2) is 24.3 Å². The molecule has 0 spiro atoms. The number of carbonyl (C=O) groups is 2. The summed E-state index contributed by atoms with van der Waals surface area (Å²) in [6.45, 7) is 11.4. The molecule has 1 aromatic rings. The molecule has 212 valence electrons. The third kappa shape index (κ3) is 7.87. The first kappa shape index (κ1) is 28.7. The molecular formula is C31H50N4O3. The lowest BCUT2D eigenvalue weighted by atomic mass is 9.82. The van der Waals surface area contributed by atoms with Crippen molar-refractivity contribution in [3.63, 3.8) is 0 Å². The number of piperidine rings is 2. The summed E-state index contributed by atoms with van der Waals surface area (Å²) in [7, 11) is 0. The number of nitrogens with one attached hydrogen (secondary N) is 2. The number of ether oxygens (including phenoxy) is 1. The summed E-state index contributed by atoms with van der Waals surface area (Å²) >= 11 is 0. The Morgan fingerprint density at radius 2 is 1.53 bits per heavy atom. The van der Waals surface area contributed by atoms with E-state index in [1.165, 1.54) is 44.9 Å². The summed E-state index contributed by atoms with van der Waals surface area (Å²) in [5.74, 6) is -0.267. The number of anilines is 2. The van der Waals surface area contributed by atoms with E-state index in [9.17, 15) is 9.59 Å². The van der Waals surface area contributed by atoms with Gasteiger partial charge in [0.05, 0.1) is 17.3 Å². The molecule has 1 aromatic carbocycles. The number of rotatable bonds is 5. The smallest absolute Gasteiger partial charge is 0.410 e. The van der Waals surface area contributed by atoms with Gasteiger partial charge in [0.15, 0.2) is 0 Å². The molecule has 1 atom stereocenters. The van der Waals surface area contributed by atoms with Crippen molar-refractivity contribution in [3.05, 3.63) is 24.3 Å². The second-order valence-corrected chi connectivity index (χ2v) is 13.0. The Labute approximate surface area is 230 Å². The molecule has 2 N–H and O–H groups in total. The van der Waals surface area contributed by atoms with Crippen molar-refractivity contribution in [2.75, 3.05) is 36.8 Å². The number of carbonyl (C=O) groups excluding carboxylic acids is 2. The first-order valence-corrected chi connectivity index (χ1v) is 15.0. The van der Waals surface area contributed by atoms with Crippen molar-refractivity contribution >= 4 is 23.4 Å². The van der Waals surface area contributed by atoms with Crippen LogP contribution in [-0.4, -0.2) is 65.2 Å². The zero-order valence-corrected chi connectivity index (χ0v) is 24.2. The van der Waals surface area contributed by atoms with Crippen molar-refractivity contribution < 1.29 is 14.3 Å². The van der Waals surface area contributed by atoms with Crippen LogP contribution < -0.4 is 10.6 Å². The molecule has 7 nitrogen and oxygen atoms in total. The highest BCUT2D eigenvalue weighted by Gasteiger charge is 2.35. The van der Waals surface area contributed by atoms with Crippen molar-refractivity contribution in [1.29, 1.82) is 0 Å². The Hall–Kier alpha value is -2.28. The molecule has 3 fully saturated rings. The van der Waals surface area contributed by atoms with E-state index >= 15 is 0 Å². The molecule has 0 bridgehead atoms. The third-order valence-corrected chi connectivity index (χ3v) is 8.68. The highest BCUT2D eigenvalue weighted by Crippen LogP contribution is 2.34. The van der Waals surface area contributed by atoms with Crippen LogP contribution in [0.2, 0.25) is 0 Å². The van der Waals surface area contributed by atoms with Gasteiger partial charge in [-0.1, -0.05) is 44.2 Å². The zero-order chi connectivity index (χ0) is 27.2. The van der Waals surface area contributed by atoms with Gasteiger partial charge >= 0.3 is 6.09 Å². The molecule has 4 rings (SSSR count). The molecule has 2 saturated heterocycles. The summed E-state index contributed by atoms with van der Waals surface area (Å²) in [6.07, 6.45) is 13.0. The van der Waals surface area contributed by atoms with Crippen molar-refractivity contribution in [1.82, 2.24) is 9.80 Å². The second-order valence-electron chi connectivity index (χ2n) is 13.0. The van der Waals surface area contributed by atoms with Crippen LogP contribution >= 0.6 is 0 Å². The number of amides is 2. The van der Waals surface area contributed by atoms with E-state index in [1.54, 1.807) is 4.90 Å². The quantitative estimate of drug-likeness (QED) is 0.449. The van der Waals surface area contributed by atoms with Gasteiger partial charge in [-0.25, -0.2) is 4.79 Å². The van der Waals surface area contributed by atoms with Gasteiger partial charge in [0.25, 0.3) is 0 Å². The fourth-order valence-electron chi connectivity index (χ4n) is 6.40. The van der Waals surface area contributed by atoms with Gasteiger partial charge in [-0.2, -0.15) is 0 Å². The molecule has 0 unspecified atom stereocenters. The van der Waals surface area contributed by atoms with Crippen LogP contribution in [0.1, 0.15) is 98.3 Å². The number of nitrogens with zero attached hydrogens (tertiary/aromatic N) is 2. The lowest BCUT2D eigenvalue weighted by Gasteiger charge is -2.46. The number of likely N-dealkylation sites (tertiary alicyclic amines) is 2. The van der Waals surface area contributed by atoms with E-state index in [-0.39, 0.29) is 17.9 Å². The minimum Gasteiger partial charge on any atom is -0.444 e. The van der Waals surface area contributed by atoms with Crippen LogP contribution in [0.3, 0.4) is 0 Å². The van der Waals surface area contributed by atoms with E-state index in [1.807, 2.05) is 39.0 Å². The number of benzene rings is 1. The standard InChI is InChI=1S/C31H50N4O3/c1-30(2,3)38-29(37)34-20-12-13-24(23-34)28(36)33-27-15-9-8-14-26(27)32-25-16-21-35(22-17-25)31(4)18-10-6-5-7-11-19-31/h8-9,14-15,24-25,32H,5-7,10-13,16-23H2,1-4H3,(H,33,36)/t24-/m1/s1. The lowest BCUT2D eigenvalue weighted by molar-refractivity contribution is -0.121. The van der Waals surface area contributed by atoms with Crippen LogP contribution in [-0.2, 0) is 9.53 Å². The van der Waals surface area contributed by atoms with Crippen molar-refractivity contribution in [3.8, 4) is 0 Å². The van der Waals surface area contributed by atoms with Crippen LogP contribution in [0.4, 0.5) is 16.2 Å². The molecule has 3 aliphatic rings. The Bertz CT molecular complexity index is 927. The van der Waals surface area contributed by atoms with E-state index in [0.29, 0.717) is 24.7 Å². The van der Waals surface area contributed by atoms with Crippen LogP contribution in [0, 0.1) is 5.92 Å². The Morgan fingerprint density at radius 3 is 2.18 bits per heavy atom. The fourth-order valence-corrected chi connectivity index (χ4v) is 6.40. The van der Waals surface area contributed by atoms with Crippen LogP contribution in [0.25, 0.3) is 0 Å². The second kappa shape index (κ2) is 12.7. The van der Waals surface area contributed by atoms with E-state index in [4.69, 9.17) is 4.74 Å². The first-order chi connectivity index (χ1) is 18.1. The number of hydrogen-bond donors (Lipinski definition) is 2. The van der Waals surface area contributed by atoms with Crippen LogP contribution in [0.5, 0.6) is 0 Å². The number of hydrogen-bond acceptors (Lipinski definition) is 5. The van der Waals surface area contributed by atoms with Gasteiger partial charge in [-0.05, 0) is 78.4 Å². The largest absolute Gasteiger partial charge is 0.444 e. The maximum absolute atomic E-state index is 13.2. The molecule has 7 heteroatoms.